The molecule has 17 heavy (non-hydrogen) atoms. The van der Waals surface area contributed by atoms with Gasteiger partial charge in [-0.15, -0.1) is 0 Å². The molecule has 1 aromatic rings. The zero-order chi connectivity index (χ0) is 12.3. The molecule has 2 rings (SSSR count). The van der Waals surface area contributed by atoms with Gasteiger partial charge in [-0.1, -0.05) is 17.7 Å². The Kier molecular flexibility index (Phi) is 4.30. The van der Waals surface area contributed by atoms with Gasteiger partial charge >= 0.3 is 0 Å². The number of aryl methyl sites for hydroxylation is 1. The lowest BCUT2D eigenvalue weighted by atomic mass is 9.93. The minimum absolute atomic E-state index is 0.817. The van der Waals surface area contributed by atoms with E-state index in [1.54, 1.807) is 0 Å². The van der Waals surface area contributed by atoms with Crippen LogP contribution in [0.2, 0.25) is 5.02 Å². The SMILES string of the molecule is Cc1ccc(N2CCC(CCN)CC2)cc1Cl. The van der Waals surface area contributed by atoms with Crippen molar-refractivity contribution in [2.24, 2.45) is 11.7 Å². The maximum absolute atomic E-state index is 6.17. The van der Waals surface area contributed by atoms with E-state index in [-0.39, 0.29) is 0 Å². The van der Waals surface area contributed by atoms with Crippen LogP contribution in [0.4, 0.5) is 5.69 Å². The molecule has 94 valence electrons. The van der Waals surface area contributed by atoms with Gasteiger partial charge in [-0.25, -0.2) is 0 Å². The van der Waals surface area contributed by atoms with Crippen LogP contribution in [0.25, 0.3) is 0 Å². The Morgan fingerprint density at radius 1 is 1.35 bits per heavy atom. The van der Waals surface area contributed by atoms with E-state index in [1.807, 2.05) is 6.92 Å². The predicted octanol–water partition coefficient (Wildman–Crippen LogP) is 3.21. The molecule has 0 unspecified atom stereocenters. The van der Waals surface area contributed by atoms with Crippen molar-refractivity contribution in [2.75, 3.05) is 24.5 Å². The third-order valence-electron chi connectivity index (χ3n) is 3.71. The summed E-state index contributed by atoms with van der Waals surface area (Å²) in [5.74, 6) is 0.817. The van der Waals surface area contributed by atoms with Gasteiger partial charge in [0, 0.05) is 23.8 Å². The standard InChI is InChI=1S/C14H21ClN2/c1-11-2-3-13(10-14(11)15)17-8-5-12(4-7-16)6-9-17/h2-3,10,12H,4-9,16H2,1H3. The average molecular weight is 253 g/mol. The molecule has 0 saturated carbocycles. The molecule has 1 aromatic carbocycles. The Hall–Kier alpha value is -0.730. The highest BCUT2D eigenvalue weighted by Crippen LogP contribution is 2.28. The van der Waals surface area contributed by atoms with Gasteiger partial charge in [0.15, 0.2) is 0 Å². The second-order valence-corrected chi connectivity index (χ2v) is 5.35. The number of hydrogen-bond acceptors (Lipinski definition) is 2. The first kappa shape index (κ1) is 12.7. The Balaban J connectivity index is 1.98. The van der Waals surface area contributed by atoms with Gasteiger partial charge in [-0.2, -0.15) is 0 Å². The van der Waals surface area contributed by atoms with Gasteiger partial charge in [0.25, 0.3) is 0 Å². The molecule has 1 aliphatic rings. The normalized spacial score (nSPS) is 17.5. The fourth-order valence-electron chi connectivity index (χ4n) is 2.49. The fraction of sp³-hybridized carbons (Fsp3) is 0.571. The molecule has 0 atom stereocenters. The zero-order valence-electron chi connectivity index (χ0n) is 10.5. The number of benzene rings is 1. The van der Waals surface area contributed by atoms with Gasteiger partial charge in [0.2, 0.25) is 0 Å². The summed E-state index contributed by atoms with van der Waals surface area (Å²) in [6, 6.07) is 6.36. The predicted molar refractivity (Wildman–Crippen MR) is 74.8 cm³/mol. The molecule has 0 aliphatic carbocycles. The van der Waals surface area contributed by atoms with Gasteiger partial charge in [-0.05, 0) is 56.3 Å². The summed E-state index contributed by atoms with van der Waals surface area (Å²) in [6.07, 6.45) is 3.67. The molecule has 1 heterocycles. The lowest BCUT2D eigenvalue weighted by Crippen LogP contribution is -2.34. The minimum Gasteiger partial charge on any atom is -0.371 e. The lowest BCUT2D eigenvalue weighted by molar-refractivity contribution is 0.386. The second-order valence-electron chi connectivity index (χ2n) is 4.94. The van der Waals surface area contributed by atoms with Crippen molar-refractivity contribution in [3.05, 3.63) is 28.8 Å². The van der Waals surface area contributed by atoms with E-state index < -0.39 is 0 Å². The summed E-state index contributed by atoms with van der Waals surface area (Å²) in [5, 5.41) is 0.867. The molecule has 1 fully saturated rings. The van der Waals surface area contributed by atoms with Crippen LogP contribution in [-0.2, 0) is 0 Å². The highest BCUT2D eigenvalue weighted by atomic mass is 35.5. The van der Waals surface area contributed by atoms with Gasteiger partial charge in [0.05, 0.1) is 0 Å². The van der Waals surface area contributed by atoms with Crippen LogP contribution in [0.15, 0.2) is 18.2 Å². The van der Waals surface area contributed by atoms with E-state index in [9.17, 15) is 0 Å². The first-order valence-electron chi connectivity index (χ1n) is 6.42. The maximum atomic E-state index is 6.17. The van der Waals surface area contributed by atoms with E-state index in [4.69, 9.17) is 17.3 Å². The Bertz CT molecular complexity index is 370. The van der Waals surface area contributed by atoms with Crippen molar-refractivity contribution < 1.29 is 0 Å². The van der Waals surface area contributed by atoms with E-state index in [2.05, 4.69) is 23.1 Å². The molecule has 0 bridgehead atoms. The van der Waals surface area contributed by atoms with Crippen LogP contribution in [0.3, 0.4) is 0 Å². The number of hydrogen-bond donors (Lipinski definition) is 1. The fourth-order valence-corrected chi connectivity index (χ4v) is 2.67. The molecule has 2 nitrogen and oxygen atoms in total. The topological polar surface area (TPSA) is 29.3 Å². The van der Waals surface area contributed by atoms with Crippen LogP contribution >= 0.6 is 11.6 Å². The smallest absolute Gasteiger partial charge is 0.0455 e. The summed E-state index contributed by atoms with van der Waals surface area (Å²) < 4.78 is 0. The summed E-state index contributed by atoms with van der Waals surface area (Å²) in [4.78, 5) is 2.43. The molecule has 1 saturated heterocycles. The monoisotopic (exact) mass is 252 g/mol. The van der Waals surface area contributed by atoms with Crippen molar-refractivity contribution >= 4 is 17.3 Å². The van der Waals surface area contributed by atoms with Gasteiger partial charge in [0.1, 0.15) is 0 Å². The Morgan fingerprint density at radius 3 is 2.65 bits per heavy atom. The van der Waals surface area contributed by atoms with Gasteiger partial charge in [-0.3, -0.25) is 0 Å². The zero-order valence-corrected chi connectivity index (χ0v) is 11.2. The highest BCUT2D eigenvalue weighted by Gasteiger charge is 2.18. The molecule has 1 aliphatic heterocycles. The number of nitrogens with two attached hydrogens (primary N) is 1. The highest BCUT2D eigenvalue weighted by molar-refractivity contribution is 6.31. The van der Waals surface area contributed by atoms with Crippen LogP contribution in [0, 0.1) is 12.8 Å². The molecular formula is C14H21ClN2. The van der Waals surface area contributed by atoms with E-state index >= 15 is 0 Å². The molecule has 0 spiro atoms. The van der Waals surface area contributed by atoms with Crippen molar-refractivity contribution in [3.63, 3.8) is 0 Å². The maximum Gasteiger partial charge on any atom is 0.0455 e. The van der Waals surface area contributed by atoms with E-state index in [1.165, 1.54) is 24.9 Å². The van der Waals surface area contributed by atoms with Crippen LogP contribution < -0.4 is 10.6 Å². The third kappa shape index (κ3) is 3.14. The molecule has 3 heteroatoms. The molecular weight excluding hydrogens is 232 g/mol. The quantitative estimate of drug-likeness (QED) is 0.895. The number of anilines is 1. The van der Waals surface area contributed by atoms with Crippen molar-refractivity contribution in [1.29, 1.82) is 0 Å². The van der Waals surface area contributed by atoms with Crippen LogP contribution in [0.5, 0.6) is 0 Å². The first-order valence-corrected chi connectivity index (χ1v) is 6.79. The largest absolute Gasteiger partial charge is 0.371 e. The first-order chi connectivity index (χ1) is 8.20. The molecule has 0 aromatic heterocycles. The van der Waals surface area contributed by atoms with Crippen LogP contribution in [-0.4, -0.2) is 19.6 Å². The average Bonchev–Trinajstić information content (AvgIpc) is 2.34. The molecule has 2 N–H and O–H groups in total. The summed E-state index contributed by atoms with van der Waals surface area (Å²) in [6.45, 7) is 5.12. The summed E-state index contributed by atoms with van der Waals surface area (Å²) in [7, 11) is 0. The molecule has 0 radical (unpaired) electrons. The van der Waals surface area contributed by atoms with E-state index in [0.717, 1.165) is 36.1 Å². The number of piperidine rings is 1. The number of halogens is 1. The van der Waals surface area contributed by atoms with Crippen molar-refractivity contribution in [1.82, 2.24) is 0 Å². The van der Waals surface area contributed by atoms with Crippen LogP contribution in [0.1, 0.15) is 24.8 Å². The van der Waals surface area contributed by atoms with Crippen molar-refractivity contribution in [2.45, 2.75) is 26.2 Å². The summed E-state index contributed by atoms with van der Waals surface area (Å²) in [5.41, 5.74) is 8.01. The minimum atomic E-state index is 0.817. The van der Waals surface area contributed by atoms with Crippen molar-refractivity contribution in [3.8, 4) is 0 Å². The number of nitrogens with zero attached hydrogens (tertiary/aromatic N) is 1. The van der Waals surface area contributed by atoms with E-state index in [0.29, 0.717) is 0 Å². The second kappa shape index (κ2) is 5.74. The Labute approximate surface area is 109 Å². The summed E-state index contributed by atoms with van der Waals surface area (Å²) >= 11 is 6.17. The number of rotatable bonds is 3. The lowest BCUT2D eigenvalue weighted by Gasteiger charge is -2.33. The Morgan fingerprint density at radius 2 is 2.06 bits per heavy atom. The van der Waals surface area contributed by atoms with Gasteiger partial charge < -0.3 is 10.6 Å². The third-order valence-corrected chi connectivity index (χ3v) is 4.12. The molecule has 0 amide bonds.